The van der Waals surface area contributed by atoms with E-state index in [1.165, 1.54) is 19.3 Å². The summed E-state index contributed by atoms with van der Waals surface area (Å²) in [6, 6.07) is 1.73. The summed E-state index contributed by atoms with van der Waals surface area (Å²) < 4.78 is 57.9. The van der Waals surface area contributed by atoms with E-state index in [0.717, 1.165) is 44.5 Å². The Morgan fingerprint density at radius 1 is 1.12 bits per heavy atom. The second kappa shape index (κ2) is 10.8. The van der Waals surface area contributed by atoms with Crippen molar-refractivity contribution in [2.24, 2.45) is 5.92 Å². The number of hydrogen-bond acceptors (Lipinski definition) is 2. The minimum Gasteiger partial charge on any atom is -0.374 e. The summed E-state index contributed by atoms with van der Waals surface area (Å²) in [5, 5.41) is 3.43. The minimum absolute atomic E-state index is 0.119. The molecule has 142 valence electrons. The number of hydrogen-bond donors (Lipinski definition) is 1. The molecule has 1 N–H and O–H groups in total. The zero-order valence-corrected chi connectivity index (χ0v) is 14.5. The van der Waals surface area contributed by atoms with Crippen molar-refractivity contribution in [1.82, 2.24) is 5.32 Å². The molecule has 2 unspecified atom stereocenters. The van der Waals surface area contributed by atoms with Gasteiger partial charge >= 0.3 is 0 Å². The number of ether oxygens (including phenoxy) is 1. The standard InChI is InChI=1S/C19H27F4NO/c20-16(7-2-1-5-14-6-3-4-8-24-11-14)13-25-12-15-9-17(21)19(23)18(22)10-15/h9-10,14,16,24H,1-8,11-13H2. The van der Waals surface area contributed by atoms with Crippen molar-refractivity contribution >= 4 is 0 Å². The molecular weight excluding hydrogens is 334 g/mol. The predicted octanol–water partition coefficient (Wildman–Crippen LogP) is 4.91. The molecular formula is C19H27F4NO. The molecule has 1 aliphatic rings. The molecule has 0 aromatic heterocycles. The van der Waals surface area contributed by atoms with Gasteiger partial charge in [0.25, 0.3) is 0 Å². The molecule has 2 atom stereocenters. The van der Waals surface area contributed by atoms with E-state index in [1.54, 1.807) is 0 Å². The number of nitrogens with one attached hydrogen (secondary N) is 1. The summed E-state index contributed by atoms with van der Waals surface area (Å²) in [4.78, 5) is 0. The van der Waals surface area contributed by atoms with Crippen molar-refractivity contribution in [3.63, 3.8) is 0 Å². The highest BCUT2D eigenvalue weighted by Crippen LogP contribution is 2.19. The predicted molar refractivity (Wildman–Crippen MR) is 89.5 cm³/mol. The molecule has 2 nitrogen and oxygen atoms in total. The lowest BCUT2D eigenvalue weighted by atomic mass is 9.96. The van der Waals surface area contributed by atoms with Gasteiger partial charge in [-0.3, -0.25) is 0 Å². The van der Waals surface area contributed by atoms with Crippen molar-refractivity contribution in [3.05, 3.63) is 35.1 Å². The smallest absolute Gasteiger partial charge is 0.194 e. The van der Waals surface area contributed by atoms with Crippen LogP contribution in [0.25, 0.3) is 0 Å². The van der Waals surface area contributed by atoms with Gasteiger partial charge in [-0.05, 0) is 62.4 Å². The van der Waals surface area contributed by atoms with Crippen LogP contribution >= 0.6 is 0 Å². The van der Waals surface area contributed by atoms with Crippen LogP contribution in [0.2, 0.25) is 0 Å². The lowest BCUT2D eigenvalue weighted by Gasteiger charge is -2.14. The first-order valence-electron chi connectivity index (χ1n) is 9.12. The van der Waals surface area contributed by atoms with E-state index < -0.39 is 23.6 Å². The van der Waals surface area contributed by atoms with E-state index >= 15 is 0 Å². The van der Waals surface area contributed by atoms with Crippen LogP contribution in [0.3, 0.4) is 0 Å². The summed E-state index contributed by atoms with van der Waals surface area (Å²) in [7, 11) is 0. The van der Waals surface area contributed by atoms with Crippen molar-refractivity contribution < 1.29 is 22.3 Å². The maximum Gasteiger partial charge on any atom is 0.194 e. The number of halogens is 4. The average Bonchev–Trinajstić information content (AvgIpc) is 2.85. The van der Waals surface area contributed by atoms with Crippen LogP contribution in [0.4, 0.5) is 17.6 Å². The Kier molecular flexibility index (Phi) is 8.68. The molecule has 1 aliphatic heterocycles. The van der Waals surface area contributed by atoms with Crippen molar-refractivity contribution in [2.45, 2.75) is 57.7 Å². The first-order valence-corrected chi connectivity index (χ1v) is 9.12. The average molecular weight is 361 g/mol. The van der Waals surface area contributed by atoms with Gasteiger partial charge in [-0.1, -0.05) is 19.3 Å². The summed E-state index contributed by atoms with van der Waals surface area (Å²) >= 11 is 0. The number of alkyl halides is 1. The molecule has 0 saturated carbocycles. The fourth-order valence-electron chi connectivity index (χ4n) is 3.22. The highest BCUT2D eigenvalue weighted by Gasteiger charge is 2.13. The summed E-state index contributed by atoms with van der Waals surface area (Å²) in [5.41, 5.74) is 0.157. The molecule has 1 heterocycles. The molecule has 1 saturated heterocycles. The lowest BCUT2D eigenvalue weighted by molar-refractivity contribution is 0.0650. The Morgan fingerprint density at radius 2 is 1.88 bits per heavy atom. The van der Waals surface area contributed by atoms with Crippen LogP contribution in [0.5, 0.6) is 0 Å². The van der Waals surface area contributed by atoms with E-state index in [1.807, 2.05) is 0 Å². The van der Waals surface area contributed by atoms with Crippen molar-refractivity contribution in [2.75, 3.05) is 19.7 Å². The molecule has 25 heavy (non-hydrogen) atoms. The van der Waals surface area contributed by atoms with Gasteiger partial charge in [0, 0.05) is 0 Å². The van der Waals surface area contributed by atoms with Crippen LogP contribution in [0.1, 0.15) is 50.5 Å². The monoisotopic (exact) mass is 361 g/mol. The highest BCUT2D eigenvalue weighted by molar-refractivity contribution is 5.18. The topological polar surface area (TPSA) is 21.3 Å². The van der Waals surface area contributed by atoms with E-state index in [4.69, 9.17) is 4.74 Å². The quantitative estimate of drug-likeness (QED) is 0.383. The largest absolute Gasteiger partial charge is 0.374 e. The van der Waals surface area contributed by atoms with E-state index in [2.05, 4.69) is 5.32 Å². The van der Waals surface area contributed by atoms with E-state index in [9.17, 15) is 17.6 Å². The maximum atomic E-state index is 13.8. The molecule has 0 spiro atoms. The first-order chi connectivity index (χ1) is 12.1. The molecule has 0 radical (unpaired) electrons. The second-order valence-corrected chi connectivity index (χ2v) is 6.84. The maximum absolute atomic E-state index is 13.8. The number of unbranched alkanes of at least 4 members (excludes halogenated alkanes) is 1. The lowest BCUT2D eigenvalue weighted by Crippen LogP contribution is -2.20. The molecule has 2 rings (SSSR count). The third-order valence-electron chi connectivity index (χ3n) is 4.64. The molecule has 1 fully saturated rings. The van der Waals surface area contributed by atoms with Gasteiger partial charge in [0.1, 0.15) is 6.17 Å². The molecule has 0 aliphatic carbocycles. The zero-order chi connectivity index (χ0) is 18.1. The summed E-state index contributed by atoms with van der Waals surface area (Å²) in [6.07, 6.45) is 6.01. The third kappa shape index (κ3) is 7.32. The molecule has 0 bridgehead atoms. The number of benzene rings is 1. The molecule has 0 amide bonds. The SMILES string of the molecule is Fc1cc(COCC(F)CCCCC2CCCCNC2)cc(F)c1F. The Bertz CT molecular complexity index is 495. The Morgan fingerprint density at radius 3 is 2.64 bits per heavy atom. The molecule has 1 aromatic rings. The number of rotatable bonds is 9. The fourth-order valence-corrected chi connectivity index (χ4v) is 3.22. The van der Waals surface area contributed by atoms with Gasteiger partial charge in [-0.25, -0.2) is 17.6 Å². The van der Waals surface area contributed by atoms with Gasteiger partial charge in [0.05, 0.1) is 13.2 Å². The zero-order valence-electron chi connectivity index (χ0n) is 14.5. The third-order valence-corrected chi connectivity index (χ3v) is 4.64. The normalized spacial score (nSPS) is 19.6. The second-order valence-electron chi connectivity index (χ2n) is 6.84. The molecule has 1 aromatic carbocycles. The van der Waals surface area contributed by atoms with Crippen LogP contribution in [-0.2, 0) is 11.3 Å². The fraction of sp³-hybridized carbons (Fsp3) is 0.684. The van der Waals surface area contributed by atoms with Crippen LogP contribution < -0.4 is 5.32 Å². The Labute approximate surface area is 146 Å². The Hall–Kier alpha value is -1.14. The summed E-state index contributed by atoms with van der Waals surface area (Å²) in [5.74, 6) is -3.33. The Balaban J connectivity index is 1.57. The van der Waals surface area contributed by atoms with Crippen molar-refractivity contribution in [1.29, 1.82) is 0 Å². The van der Waals surface area contributed by atoms with Crippen molar-refractivity contribution in [3.8, 4) is 0 Å². The van der Waals surface area contributed by atoms with Gasteiger partial charge in [-0.15, -0.1) is 0 Å². The minimum atomic E-state index is -1.50. The van der Waals surface area contributed by atoms with Gasteiger partial charge in [0.15, 0.2) is 17.5 Å². The van der Waals surface area contributed by atoms with Crippen LogP contribution in [0.15, 0.2) is 12.1 Å². The molecule has 6 heteroatoms. The van der Waals surface area contributed by atoms with Gasteiger partial charge in [-0.2, -0.15) is 0 Å². The van der Waals surface area contributed by atoms with E-state index in [0.29, 0.717) is 12.3 Å². The first kappa shape index (κ1) is 20.2. The van der Waals surface area contributed by atoms with Crippen LogP contribution in [-0.4, -0.2) is 25.9 Å². The highest BCUT2D eigenvalue weighted by atomic mass is 19.2. The van der Waals surface area contributed by atoms with Gasteiger partial charge in [0.2, 0.25) is 0 Å². The van der Waals surface area contributed by atoms with Crippen LogP contribution in [0, 0.1) is 23.4 Å². The van der Waals surface area contributed by atoms with Gasteiger partial charge < -0.3 is 10.1 Å². The van der Waals surface area contributed by atoms with E-state index in [-0.39, 0.29) is 18.8 Å². The summed E-state index contributed by atoms with van der Waals surface area (Å²) in [6.45, 7) is 1.91.